The molecular weight excluding hydrogens is 352 g/mol. The minimum absolute atomic E-state index is 0.0937. The molecule has 1 unspecified atom stereocenters. The highest BCUT2D eigenvalue weighted by Gasteiger charge is 2.17. The third-order valence-electron chi connectivity index (χ3n) is 4.54. The van der Waals surface area contributed by atoms with Gasteiger partial charge in [0.15, 0.2) is 5.82 Å². The second kappa shape index (κ2) is 7.75. The molecule has 142 valence electrons. The quantitative estimate of drug-likeness (QED) is 0.685. The van der Waals surface area contributed by atoms with Crippen molar-refractivity contribution in [1.82, 2.24) is 15.1 Å². The van der Waals surface area contributed by atoms with Gasteiger partial charge in [-0.2, -0.15) is 5.10 Å². The van der Waals surface area contributed by atoms with E-state index in [1.165, 1.54) is 16.8 Å². The molecule has 0 aliphatic carbocycles. The summed E-state index contributed by atoms with van der Waals surface area (Å²) in [5.74, 6) is -0.565. The Kier molecular flexibility index (Phi) is 5.41. The molecule has 7 heteroatoms. The van der Waals surface area contributed by atoms with Gasteiger partial charge in [-0.1, -0.05) is 6.07 Å². The maximum atomic E-state index is 14.0. The van der Waals surface area contributed by atoms with Crippen molar-refractivity contribution in [3.05, 3.63) is 71.1 Å². The Morgan fingerprint density at radius 3 is 2.67 bits per heavy atom. The van der Waals surface area contributed by atoms with Crippen LogP contribution < -0.4 is 10.1 Å². The van der Waals surface area contributed by atoms with Gasteiger partial charge in [-0.05, 0) is 32.0 Å². The summed E-state index contributed by atoms with van der Waals surface area (Å²) in [7, 11) is 1.54. The highest BCUT2D eigenvalue weighted by atomic mass is 19.1. The molecule has 3 rings (SSSR count). The van der Waals surface area contributed by atoms with Crippen molar-refractivity contribution in [2.24, 2.45) is 0 Å². The van der Waals surface area contributed by atoms with E-state index in [0.29, 0.717) is 12.3 Å². The number of hydrogen-bond acceptors (Lipinski definition) is 4. The van der Waals surface area contributed by atoms with Crippen LogP contribution in [0.15, 0.2) is 42.6 Å². The summed E-state index contributed by atoms with van der Waals surface area (Å²) in [6.45, 7) is 4.22. The molecule has 0 spiro atoms. The summed E-state index contributed by atoms with van der Waals surface area (Å²) in [6, 6.07) is 8.44. The van der Waals surface area contributed by atoms with Crippen LogP contribution in [0.1, 0.15) is 29.8 Å². The van der Waals surface area contributed by atoms with E-state index in [1.807, 2.05) is 13.8 Å². The Balaban J connectivity index is 1.76. The Morgan fingerprint density at radius 2 is 2.00 bits per heavy atom. The van der Waals surface area contributed by atoms with Crippen molar-refractivity contribution in [2.75, 3.05) is 7.11 Å². The van der Waals surface area contributed by atoms with Crippen LogP contribution in [0, 0.1) is 18.6 Å². The molecule has 5 nitrogen and oxygen atoms in total. The summed E-state index contributed by atoms with van der Waals surface area (Å²) >= 11 is 0. The van der Waals surface area contributed by atoms with Gasteiger partial charge in [0, 0.05) is 41.5 Å². The minimum atomic E-state index is -0.670. The Bertz CT molecular complexity index is 956. The van der Waals surface area contributed by atoms with Crippen LogP contribution in [0.2, 0.25) is 0 Å². The van der Waals surface area contributed by atoms with Crippen molar-refractivity contribution in [1.29, 1.82) is 0 Å². The smallest absolute Gasteiger partial charge is 0.151 e. The number of halogens is 2. The van der Waals surface area contributed by atoms with E-state index in [0.717, 1.165) is 22.9 Å². The average molecular weight is 373 g/mol. The lowest BCUT2D eigenvalue weighted by atomic mass is 10.1. The fourth-order valence-electron chi connectivity index (χ4n) is 2.94. The lowest BCUT2D eigenvalue weighted by Crippen LogP contribution is -2.18. The lowest BCUT2D eigenvalue weighted by molar-refractivity contribution is 0.405. The molecule has 0 bridgehead atoms. The number of aromatic nitrogens is 2. The van der Waals surface area contributed by atoms with Gasteiger partial charge in [-0.15, -0.1) is 0 Å². The molecule has 0 radical (unpaired) electrons. The van der Waals surface area contributed by atoms with Gasteiger partial charge in [-0.3, -0.25) is 0 Å². The molecule has 1 heterocycles. The van der Waals surface area contributed by atoms with Crippen LogP contribution in [0.4, 0.5) is 8.78 Å². The molecule has 0 amide bonds. The highest BCUT2D eigenvalue weighted by molar-refractivity contribution is 5.40. The van der Waals surface area contributed by atoms with Crippen molar-refractivity contribution >= 4 is 0 Å². The zero-order valence-corrected chi connectivity index (χ0v) is 15.3. The van der Waals surface area contributed by atoms with E-state index >= 15 is 0 Å². The summed E-state index contributed by atoms with van der Waals surface area (Å²) in [5.41, 5.74) is 2.56. The molecule has 2 N–H and O–H groups in total. The summed E-state index contributed by atoms with van der Waals surface area (Å²) < 4.78 is 33.7. The fourth-order valence-corrected chi connectivity index (χ4v) is 2.94. The van der Waals surface area contributed by atoms with E-state index in [4.69, 9.17) is 4.74 Å². The van der Waals surface area contributed by atoms with E-state index in [-0.39, 0.29) is 17.5 Å². The molecule has 0 saturated carbocycles. The summed E-state index contributed by atoms with van der Waals surface area (Å²) in [6.07, 6.45) is 1.66. The predicted octanol–water partition coefficient (Wildman–Crippen LogP) is 4.02. The van der Waals surface area contributed by atoms with Gasteiger partial charge < -0.3 is 15.2 Å². The maximum Gasteiger partial charge on any atom is 0.151 e. The van der Waals surface area contributed by atoms with Gasteiger partial charge in [0.1, 0.15) is 23.0 Å². The molecule has 0 aliphatic rings. The number of aromatic hydroxyl groups is 1. The van der Waals surface area contributed by atoms with Crippen molar-refractivity contribution in [2.45, 2.75) is 26.4 Å². The minimum Gasteiger partial charge on any atom is -0.507 e. The van der Waals surface area contributed by atoms with Crippen LogP contribution in [0.3, 0.4) is 0 Å². The predicted molar refractivity (Wildman–Crippen MR) is 98.1 cm³/mol. The van der Waals surface area contributed by atoms with Crippen molar-refractivity contribution in [3.8, 4) is 17.2 Å². The number of rotatable bonds is 6. The van der Waals surface area contributed by atoms with Gasteiger partial charge in [0.25, 0.3) is 0 Å². The summed E-state index contributed by atoms with van der Waals surface area (Å²) in [4.78, 5) is 0. The number of phenols is 1. The van der Waals surface area contributed by atoms with Crippen LogP contribution in [-0.2, 0) is 6.54 Å². The van der Waals surface area contributed by atoms with E-state index in [1.54, 1.807) is 31.5 Å². The van der Waals surface area contributed by atoms with E-state index in [2.05, 4.69) is 10.4 Å². The van der Waals surface area contributed by atoms with Crippen molar-refractivity contribution < 1.29 is 18.6 Å². The highest BCUT2D eigenvalue weighted by Crippen LogP contribution is 2.25. The monoisotopic (exact) mass is 373 g/mol. The SMILES string of the molecule is COc1ccc(CNC(C)c2cnn(-c3ccc(F)cc3F)c2C)c(O)c1. The molecule has 0 aliphatic heterocycles. The molecule has 0 fully saturated rings. The number of methoxy groups -OCH3 is 1. The van der Waals surface area contributed by atoms with Crippen LogP contribution in [0.5, 0.6) is 11.5 Å². The third-order valence-corrected chi connectivity index (χ3v) is 4.54. The maximum absolute atomic E-state index is 14.0. The molecule has 1 atom stereocenters. The largest absolute Gasteiger partial charge is 0.507 e. The molecule has 2 aromatic carbocycles. The molecule has 1 aromatic heterocycles. The topological polar surface area (TPSA) is 59.3 Å². The zero-order chi connectivity index (χ0) is 19.6. The number of ether oxygens (including phenoxy) is 1. The van der Waals surface area contributed by atoms with E-state index in [9.17, 15) is 13.9 Å². The summed E-state index contributed by atoms with van der Waals surface area (Å²) in [5, 5.41) is 17.6. The van der Waals surface area contributed by atoms with Crippen LogP contribution in [0.25, 0.3) is 5.69 Å². The second-order valence-corrected chi connectivity index (χ2v) is 6.29. The number of nitrogens with zero attached hydrogens (tertiary/aromatic N) is 2. The van der Waals surface area contributed by atoms with Gasteiger partial charge >= 0.3 is 0 Å². The van der Waals surface area contributed by atoms with E-state index < -0.39 is 11.6 Å². The first-order valence-corrected chi connectivity index (χ1v) is 8.50. The number of benzene rings is 2. The average Bonchev–Trinajstić information content (AvgIpc) is 3.01. The fraction of sp³-hybridized carbons (Fsp3) is 0.250. The van der Waals surface area contributed by atoms with Crippen LogP contribution >= 0.6 is 0 Å². The zero-order valence-electron chi connectivity index (χ0n) is 15.3. The first-order valence-electron chi connectivity index (χ1n) is 8.50. The Labute approximate surface area is 156 Å². The lowest BCUT2D eigenvalue weighted by Gasteiger charge is -2.15. The van der Waals surface area contributed by atoms with Crippen LogP contribution in [-0.4, -0.2) is 22.0 Å². The normalized spacial score (nSPS) is 12.2. The number of hydrogen-bond donors (Lipinski definition) is 2. The van der Waals surface area contributed by atoms with Gasteiger partial charge in [0.2, 0.25) is 0 Å². The number of phenolic OH excluding ortho intramolecular Hbond substituents is 1. The van der Waals surface area contributed by atoms with Crippen molar-refractivity contribution in [3.63, 3.8) is 0 Å². The Hall–Kier alpha value is -2.93. The molecular formula is C20H21F2N3O2. The number of nitrogens with one attached hydrogen (secondary N) is 1. The Morgan fingerprint density at radius 1 is 1.22 bits per heavy atom. The van der Waals surface area contributed by atoms with Gasteiger partial charge in [-0.25, -0.2) is 13.5 Å². The second-order valence-electron chi connectivity index (χ2n) is 6.29. The molecule has 0 saturated heterocycles. The first-order chi connectivity index (χ1) is 12.9. The first kappa shape index (κ1) is 18.8. The molecule has 27 heavy (non-hydrogen) atoms. The third kappa shape index (κ3) is 3.93. The molecule has 3 aromatic rings. The van der Waals surface area contributed by atoms with Gasteiger partial charge in [0.05, 0.1) is 13.3 Å². The standard InChI is InChI=1S/C20H21F2N3O2/c1-12(23-10-14-4-6-16(27-3)9-20(14)26)17-11-24-25(13(17)2)19-7-5-15(21)8-18(19)22/h4-9,11-12,23,26H,10H2,1-3H3.